The van der Waals surface area contributed by atoms with Gasteiger partial charge in [-0.2, -0.15) is 13.2 Å². The first kappa shape index (κ1) is 15.6. The zero-order valence-corrected chi connectivity index (χ0v) is 12.2. The summed E-state index contributed by atoms with van der Waals surface area (Å²) in [6.45, 7) is 1.48. The number of halogens is 3. The molecule has 1 unspecified atom stereocenters. The molecule has 8 heteroatoms. The first-order valence-corrected chi connectivity index (χ1v) is 7.30. The van der Waals surface area contributed by atoms with E-state index in [1.807, 2.05) is 0 Å². The quantitative estimate of drug-likeness (QED) is 0.886. The van der Waals surface area contributed by atoms with Crippen molar-refractivity contribution in [2.75, 3.05) is 0 Å². The predicted octanol–water partition coefficient (Wildman–Crippen LogP) is 2.78. The van der Waals surface area contributed by atoms with Gasteiger partial charge in [-0.25, -0.2) is 13.4 Å². The largest absolute Gasteiger partial charge is 0.434 e. The fourth-order valence-corrected chi connectivity index (χ4v) is 2.48. The highest BCUT2D eigenvalue weighted by atomic mass is 32.2. The number of nitrogens with zero attached hydrogens (tertiary/aromatic N) is 2. The van der Waals surface area contributed by atoms with Crippen molar-refractivity contribution in [3.63, 3.8) is 0 Å². The van der Waals surface area contributed by atoms with Gasteiger partial charge in [0.1, 0.15) is 16.5 Å². The number of hydrogen-bond acceptors (Lipinski definition) is 3. The van der Waals surface area contributed by atoms with E-state index in [0.29, 0.717) is 11.1 Å². The van der Waals surface area contributed by atoms with Crippen LogP contribution in [0.25, 0.3) is 11.4 Å². The van der Waals surface area contributed by atoms with Gasteiger partial charge in [-0.1, -0.05) is 24.3 Å². The Labute approximate surface area is 121 Å². The average molecular weight is 318 g/mol. The summed E-state index contributed by atoms with van der Waals surface area (Å²) < 4.78 is 61.7. The summed E-state index contributed by atoms with van der Waals surface area (Å²) in [6.07, 6.45) is -3.66. The average Bonchev–Trinajstić information content (AvgIpc) is 2.79. The van der Waals surface area contributed by atoms with Crippen molar-refractivity contribution < 1.29 is 21.6 Å². The van der Waals surface area contributed by atoms with Crippen molar-refractivity contribution in [3.05, 3.63) is 41.7 Å². The number of alkyl halides is 3. The molecule has 0 spiro atoms. The lowest BCUT2D eigenvalue weighted by Crippen LogP contribution is -2.05. The van der Waals surface area contributed by atoms with Crippen LogP contribution < -0.4 is 0 Å². The molecule has 4 nitrogen and oxygen atoms in total. The lowest BCUT2D eigenvalue weighted by Gasteiger charge is -2.11. The highest BCUT2D eigenvalue weighted by Crippen LogP contribution is 2.33. The van der Waals surface area contributed by atoms with Crippen LogP contribution in [-0.2, 0) is 23.9 Å². The molecule has 2 rings (SSSR count). The van der Waals surface area contributed by atoms with Crippen LogP contribution in [0.15, 0.2) is 30.5 Å². The Bertz CT molecular complexity index is 727. The van der Waals surface area contributed by atoms with Crippen LogP contribution in [0.4, 0.5) is 13.2 Å². The standard InChI is InChI=1S/C13H13F3N2O2S/c1-8(21(19)20)9-5-3-4-6-10(9)12-17-11(7-18(12)2)13(14,15)16/h3-8,21H,1-2H3. The van der Waals surface area contributed by atoms with Crippen LogP contribution >= 0.6 is 0 Å². The van der Waals surface area contributed by atoms with E-state index in [4.69, 9.17) is 0 Å². The van der Waals surface area contributed by atoms with Crippen LogP contribution in [-0.4, -0.2) is 18.0 Å². The molecule has 1 aromatic carbocycles. The van der Waals surface area contributed by atoms with Gasteiger partial charge in [-0.3, -0.25) is 0 Å². The monoisotopic (exact) mass is 318 g/mol. The molecular formula is C13H13F3N2O2S. The molecule has 114 valence electrons. The Morgan fingerprint density at radius 2 is 1.86 bits per heavy atom. The predicted molar refractivity (Wildman–Crippen MR) is 72.4 cm³/mol. The summed E-state index contributed by atoms with van der Waals surface area (Å²) in [5.41, 5.74) is -0.202. The molecule has 0 aliphatic carbocycles. The second-order valence-corrected chi connectivity index (χ2v) is 5.95. The number of benzene rings is 1. The van der Waals surface area contributed by atoms with Gasteiger partial charge in [-0.15, -0.1) is 0 Å². The number of thiol groups is 1. The number of aryl methyl sites for hydroxylation is 1. The third kappa shape index (κ3) is 3.10. The van der Waals surface area contributed by atoms with Crippen LogP contribution in [0.5, 0.6) is 0 Å². The Morgan fingerprint density at radius 1 is 1.24 bits per heavy atom. The minimum Gasteiger partial charge on any atom is -0.333 e. The van der Waals surface area contributed by atoms with Crippen molar-refractivity contribution in [1.82, 2.24) is 9.55 Å². The Hall–Kier alpha value is -1.83. The van der Waals surface area contributed by atoms with Gasteiger partial charge in [0.15, 0.2) is 5.69 Å². The molecule has 0 amide bonds. The SMILES string of the molecule is CC(c1ccccc1-c1nc(C(F)(F)F)cn1C)[SH](=O)=O. The molecule has 0 radical (unpaired) electrons. The van der Waals surface area contributed by atoms with Crippen molar-refractivity contribution >= 4 is 10.7 Å². The van der Waals surface area contributed by atoms with Crippen LogP contribution in [0, 0.1) is 0 Å². The van der Waals surface area contributed by atoms with E-state index < -0.39 is 27.8 Å². The van der Waals surface area contributed by atoms with Crippen LogP contribution in [0.2, 0.25) is 0 Å². The summed E-state index contributed by atoms with van der Waals surface area (Å²) in [7, 11) is -1.29. The van der Waals surface area contributed by atoms with Gasteiger partial charge in [0, 0.05) is 18.8 Å². The van der Waals surface area contributed by atoms with Crippen molar-refractivity contribution in [2.45, 2.75) is 18.3 Å². The molecule has 0 aliphatic heterocycles. The van der Waals surface area contributed by atoms with Gasteiger partial charge >= 0.3 is 6.18 Å². The maximum atomic E-state index is 12.7. The highest BCUT2D eigenvalue weighted by Gasteiger charge is 2.34. The fraction of sp³-hybridized carbons (Fsp3) is 0.308. The van der Waals surface area contributed by atoms with Gasteiger partial charge in [0.25, 0.3) is 0 Å². The summed E-state index contributed by atoms with van der Waals surface area (Å²) in [5.74, 6) is 0.0848. The second-order valence-electron chi connectivity index (χ2n) is 4.61. The first-order valence-electron chi connectivity index (χ1n) is 6.05. The van der Waals surface area contributed by atoms with E-state index >= 15 is 0 Å². The summed E-state index contributed by atoms with van der Waals surface area (Å²) in [4.78, 5) is 3.59. The van der Waals surface area contributed by atoms with Crippen LogP contribution in [0.3, 0.4) is 0 Å². The van der Waals surface area contributed by atoms with Crippen molar-refractivity contribution in [2.24, 2.45) is 7.05 Å². The molecule has 1 aromatic heterocycles. The van der Waals surface area contributed by atoms with Gasteiger partial charge in [0.2, 0.25) is 0 Å². The molecule has 0 saturated carbocycles. The third-order valence-electron chi connectivity index (χ3n) is 3.13. The number of aromatic nitrogens is 2. The third-order valence-corrected chi connectivity index (χ3v) is 4.05. The lowest BCUT2D eigenvalue weighted by molar-refractivity contribution is -0.140. The van der Waals surface area contributed by atoms with Gasteiger partial charge < -0.3 is 4.57 Å². The van der Waals surface area contributed by atoms with E-state index in [1.54, 1.807) is 24.3 Å². The fourth-order valence-electron chi connectivity index (χ4n) is 2.03. The lowest BCUT2D eigenvalue weighted by atomic mass is 10.0. The minimum atomic E-state index is -4.54. The molecule has 0 N–H and O–H groups in total. The Kier molecular flexibility index (Phi) is 4.08. The zero-order valence-electron chi connectivity index (χ0n) is 11.3. The molecule has 21 heavy (non-hydrogen) atoms. The first-order chi connectivity index (χ1) is 9.71. The van der Waals surface area contributed by atoms with Crippen LogP contribution in [0.1, 0.15) is 23.4 Å². The zero-order chi connectivity index (χ0) is 15.8. The highest BCUT2D eigenvalue weighted by molar-refractivity contribution is 7.72. The van der Waals surface area contributed by atoms with Gasteiger partial charge in [-0.05, 0) is 12.5 Å². The summed E-state index contributed by atoms with van der Waals surface area (Å²) in [6, 6.07) is 6.41. The maximum Gasteiger partial charge on any atom is 0.434 e. The second kappa shape index (κ2) is 5.51. The number of imidazole rings is 1. The number of rotatable bonds is 3. The number of hydrogen-bond donors (Lipinski definition) is 1. The molecule has 0 fully saturated rings. The van der Waals surface area contributed by atoms with E-state index in [0.717, 1.165) is 6.20 Å². The van der Waals surface area contributed by atoms with E-state index in [9.17, 15) is 21.6 Å². The van der Waals surface area contributed by atoms with E-state index in [2.05, 4.69) is 4.98 Å². The van der Waals surface area contributed by atoms with Crippen molar-refractivity contribution in [1.29, 1.82) is 0 Å². The van der Waals surface area contributed by atoms with Crippen molar-refractivity contribution in [3.8, 4) is 11.4 Å². The molecule has 1 atom stereocenters. The molecule has 0 aliphatic rings. The van der Waals surface area contributed by atoms with E-state index in [1.165, 1.54) is 18.5 Å². The molecule has 0 bridgehead atoms. The van der Waals surface area contributed by atoms with Gasteiger partial charge in [0.05, 0.1) is 5.25 Å². The normalized spacial score (nSPS) is 13.6. The topological polar surface area (TPSA) is 52.0 Å². The Morgan fingerprint density at radius 3 is 2.38 bits per heavy atom. The summed E-state index contributed by atoms with van der Waals surface area (Å²) >= 11 is 0. The Balaban J connectivity index is 2.61. The smallest absolute Gasteiger partial charge is 0.333 e. The molecular weight excluding hydrogens is 305 g/mol. The maximum absolute atomic E-state index is 12.7. The molecule has 1 heterocycles. The molecule has 0 saturated heterocycles. The minimum absolute atomic E-state index is 0.0848. The van der Waals surface area contributed by atoms with E-state index in [-0.39, 0.29) is 5.82 Å². The summed E-state index contributed by atoms with van der Waals surface area (Å²) in [5, 5.41) is -0.803. The molecule has 2 aromatic rings.